The predicted octanol–water partition coefficient (Wildman–Crippen LogP) is 0.191. The molecule has 1 rings (SSSR count). The highest BCUT2D eigenvalue weighted by Gasteiger charge is 2.06. The molecule has 0 radical (unpaired) electrons. The largest absolute Gasteiger partial charge is 0.333 e. The van der Waals surface area contributed by atoms with E-state index >= 15 is 0 Å². The highest BCUT2D eigenvalue weighted by atomic mass is 14.9. The summed E-state index contributed by atoms with van der Waals surface area (Å²) in [6, 6.07) is 0. The minimum atomic E-state index is 0.935. The Morgan fingerprint density at radius 1 is 1.50 bits per heavy atom. The van der Waals surface area contributed by atoms with Crippen molar-refractivity contribution in [1.82, 2.24) is 5.32 Å². The third-order valence-electron chi connectivity index (χ3n) is 1.31. The van der Waals surface area contributed by atoms with Crippen molar-refractivity contribution in [3.8, 4) is 0 Å². The van der Waals surface area contributed by atoms with Crippen LogP contribution in [0.25, 0.3) is 0 Å². The molecule has 2 heteroatoms. The van der Waals surface area contributed by atoms with Gasteiger partial charge < -0.3 is 11.1 Å². The van der Waals surface area contributed by atoms with Crippen LogP contribution in [-0.2, 0) is 0 Å². The fourth-order valence-electron chi connectivity index (χ4n) is 0.799. The van der Waals surface area contributed by atoms with Crippen LogP contribution in [0.3, 0.4) is 0 Å². The van der Waals surface area contributed by atoms with Gasteiger partial charge >= 0.3 is 0 Å². The lowest BCUT2D eigenvalue weighted by molar-refractivity contribution is 0.651. The summed E-state index contributed by atoms with van der Waals surface area (Å²) < 4.78 is 0. The minimum Gasteiger partial charge on any atom is -0.333 e. The van der Waals surface area contributed by atoms with Crippen molar-refractivity contribution in [2.75, 3.05) is 20.1 Å². The van der Waals surface area contributed by atoms with Crippen LogP contribution in [0, 0.1) is 5.92 Å². The maximum Gasteiger partial charge on any atom is -0.00227 e. The molecule has 0 amide bonds. The molecule has 1 unspecified atom stereocenters. The number of hydrogen-bond donors (Lipinski definition) is 2. The van der Waals surface area contributed by atoms with Crippen molar-refractivity contribution >= 4 is 0 Å². The maximum absolute atomic E-state index is 4.50. The van der Waals surface area contributed by atoms with Gasteiger partial charge in [0.25, 0.3) is 0 Å². The Bertz CT molecular complexity index is 39.8. The molecule has 3 N–H and O–H groups in total. The second-order valence-corrected chi connectivity index (χ2v) is 2.10. The normalized spacial score (nSPS) is 26.6. The van der Waals surface area contributed by atoms with Crippen molar-refractivity contribution in [3.05, 3.63) is 0 Å². The average Bonchev–Trinajstić information content (AvgIpc) is 2.24. The van der Waals surface area contributed by atoms with E-state index in [2.05, 4.69) is 18.0 Å². The Labute approximate surface area is 51.5 Å². The second-order valence-electron chi connectivity index (χ2n) is 2.10. The molecule has 0 aromatic carbocycles. The molecule has 0 spiro atoms. The van der Waals surface area contributed by atoms with E-state index in [4.69, 9.17) is 0 Å². The second kappa shape index (κ2) is 5.06. The van der Waals surface area contributed by atoms with Crippen molar-refractivity contribution in [1.29, 1.82) is 0 Å². The van der Waals surface area contributed by atoms with E-state index in [1.165, 1.54) is 26.6 Å². The monoisotopic (exact) mass is 116 g/mol. The standard InChI is InChI=1S/C5H11N.CH5N/c1-5-2-3-6-4-5;1-2/h5-6H,2-4H2,1H3;2H2,1H3. The van der Waals surface area contributed by atoms with Gasteiger partial charge in [-0.05, 0) is 32.5 Å². The average molecular weight is 116 g/mol. The summed E-state index contributed by atoms with van der Waals surface area (Å²) in [7, 11) is 1.50. The number of nitrogens with one attached hydrogen (secondary N) is 1. The first-order valence-corrected chi connectivity index (χ1v) is 3.18. The van der Waals surface area contributed by atoms with Crippen molar-refractivity contribution in [2.24, 2.45) is 11.7 Å². The van der Waals surface area contributed by atoms with Crippen LogP contribution in [0.1, 0.15) is 13.3 Å². The Balaban J connectivity index is 0.000000222. The summed E-state index contributed by atoms with van der Waals surface area (Å²) in [5.74, 6) is 0.935. The molecule has 0 aromatic rings. The molecule has 2 nitrogen and oxygen atoms in total. The first-order chi connectivity index (χ1) is 3.89. The van der Waals surface area contributed by atoms with Crippen molar-refractivity contribution in [3.63, 3.8) is 0 Å². The Morgan fingerprint density at radius 3 is 2.25 bits per heavy atom. The molecule has 0 saturated carbocycles. The Hall–Kier alpha value is -0.0800. The molecule has 1 aliphatic heterocycles. The molecule has 1 atom stereocenters. The van der Waals surface area contributed by atoms with Gasteiger partial charge in [0.05, 0.1) is 0 Å². The molecule has 8 heavy (non-hydrogen) atoms. The number of rotatable bonds is 0. The van der Waals surface area contributed by atoms with E-state index in [-0.39, 0.29) is 0 Å². The molecular weight excluding hydrogens is 100 g/mol. The highest BCUT2D eigenvalue weighted by Crippen LogP contribution is 2.03. The summed E-state index contributed by atoms with van der Waals surface area (Å²) in [4.78, 5) is 0. The zero-order chi connectivity index (χ0) is 6.41. The highest BCUT2D eigenvalue weighted by molar-refractivity contribution is 4.65. The van der Waals surface area contributed by atoms with Crippen molar-refractivity contribution in [2.45, 2.75) is 13.3 Å². The summed E-state index contributed by atoms with van der Waals surface area (Å²) in [5, 5.41) is 3.27. The molecule has 0 aliphatic carbocycles. The minimum absolute atomic E-state index is 0.935. The predicted molar refractivity (Wildman–Crippen MR) is 36.8 cm³/mol. The van der Waals surface area contributed by atoms with Crippen LogP contribution in [0.15, 0.2) is 0 Å². The maximum atomic E-state index is 4.50. The third-order valence-corrected chi connectivity index (χ3v) is 1.31. The fourth-order valence-corrected chi connectivity index (χ4v) is 0.799. The van der Waals surface area contributed by atoms with Gasteiger partial charge in [0, 0.05) is 0 Å². The van der Waals surface area contributed by atoms with Gasteiger partial charge in [-0.3, -0.25) is 0 Å². The summed E-state index contributed by atoms with van der Waals surface area (Å²) >= 11 is 0. The fraction of sp³-hybridized carbons (Fsp3) is 1.00. The molecule has 50 valence electrons. The van der Waals surface area contributed by atoms with Gasteiger partial charge in [-0.2, -0.15) is 0 Å². The van der Waals surface area contributed by atoms with Crippen LogP contribution in [-0.4, -0.2) is 20.1 Å². The van der Waals surface area contributed by atoms with Gasteiger partial charge in [0.2, 0.25) is 0 Å². The molecule has 1 heterocycles. The lowest BCUT2D eigenvalue weighted by atomic mass is 10.2. The van der Waals surface area contributed by atoms with Crippen LogP contribution >= 0.6 is 0 Å². The first kappa shape index (κ1) is 7.92. The van der Waals surface area contributed by atoms with E-state index in [0.29, 0.717) is 0 Å². The quantitative estimate of drug-likeness (QED) is 0.474. The third kappa shape index (κ3) is 2.99. The molecular formula is C6H16N2. The molecule has 0 bridgehead atoms. The van der Waals surface area contributed by atoms with Crippen LogP contribution in [0.4, 0.5) is 0 Å². The zero-order valence-corrected chi connectivity index (χ0v) is 5.78. The van der Waals surface area contributed by atoms with Gasteiger partial charge in [-0.15, -0.1) is 0 Å². The van der Waals surface area contributed by atoms with Crippen LogP contribution < -0.4 is 11.1 Å². The van der Waals surface area contributed by atoms with Crippen LogP contribution in [0.2, 0.25) is 0 Å². The number of nitrogens with two attached hydrogens (primary N) is 1. The molecule has 1 fully saturated rings. The van der Waals surface area contributed by atoms with E-state index in [1.807, 2.05) is 0 Å². The lowest BCUT2D eigenvalue weighted by Crippen LogP contribution is -2.06. The smallest absolute Gasteiger partial charge is 0.00227 e. The Kier molecular flexibility index (Phi) is 5.01. The topological polar surface area (TPSA) is 38.0 Å². The lowest BCUT2D eigenvalue weighted by Gasteiger charge is -1.90. The van der Waals surface area contributed by atoms with E-state index in [9.17, 15) is 0 Å². The van der Waals surface area contributed by atoms with Gasteiger partial charge in [0.1, 0.15) is 0 Å². The van der Waals surface area contributed by atoms with E-state index < -0.39 is 0 Å². The number of hydrogen-bond acceptors (Lipinski definition) is 2. The summed E-state index contributed by atoms with van der Waals surface area (Å²) in [6.07, 6.45) is 1.38. The van der Waals surface area contributed by atoms with Gasteiger partial charge in [-0.1, -0.05) is 6.92 Å². The zero-order valence-electron chi connectivity index (χ0n) is 5.78. The van der Waals surface area contributed by atoms with E-state index in [0.717, 1.165) is 5.92 Å². The summed E-state index contributed by atoms with van der Waals surface area (Å²) in [5.41, 5.74) is 4.50. The molecule has 0 aromatic heterocycles. The first-order valence-electron chi connectivity index (χ1n) is 3.18. The molecule has 1 saturated heterocycles. The SMILES string of the molecule is CC1CCNC1.CN. The Morgan fingerprint density at radius 2 is 2.12 bits per heavy atom. The van der Waals surface area contributed by atoms with Gasteiger partial charge in [-0.25, -0.2) is 0 Å². The summed E-state index contributed by atoms with van der Waals surface area (Å²) in [6.45, 7) is 4.75. The van der Waals surface area contributed by atoms with Crippen molar-refractivity contribution < 1.29 is 0 Å². The van der Waals surface area contributed by atoms with E-state index in [1.54, 1.807) is 0 Å². The van der Waals surface area contributed by atoms with Gasteiger partial charge in [0.15, 0.2) is 0 Å². The molecule has 1 aliphatic rings. The van der Waals surface area contributed by atoms with Crippen LogP contribution in [0.5, 0.6) is 0 Å².